The first-order valence-electron chi connectivity index (χ1n) is 7.53. The number of aliphatic hydroxyl groups is 1. The summed E-state index contributed by atoms with van der Waals surface area (Å²) in [5.74, 6) is -1.42. The van der Waals surface area contributed by atoms with Crippen molar-refractivity contribution >= 4 is 17.5 Å². The monoisotopic (exact) mass is 323 g/mol. The third kappa shape index (κ3) is 7.23. The highest BCUT2D eigenvalue weighted by molar-refractivity contribution is 6.39. The molecule has 0 heterocycles. The molecule has 0 aliphatic carbocycles. The smallest absolute Gasteiger partial charge is 0.313 e. The van der Waals surface area contributed by atoms with Gasteiger partial charge in [0.25, 0.3) is 0 Å². The fraction of sp³-hybridized carbons (Fsp3) is 0.500. The Balaban J connectivity index is 2.58. The zero-order chi connectivity index (χ0) is 17.2. The molecule has 1 unspecified atom stereocenters. The first-order valence-corrected chi connectivity index (χ1v) is 7.53. The maximum Gasteiger partial charge on any atom is 0.313 e. The van der Waals surface area contributed by atoms with Gasteiger partial charge < -0.3 is 25.8 Å². The lowest BCUT2D eigenvalue weighted by atomic mass is 10.1. The number of amides is 2. The van der Waals surface area contributed by atoms with Crippen LogP contribution in [0, 0.1) is 0 Å². The van der Waals surface area contributed by atoms with Crippen molar-refractivity contribution in [2.75, 3.05) is 32.1 Å². The number of hydrogen-bond donors (Lipinski definition) is 4. The molecule has 0 aliphatic rings. The van der Waals surface area contributed by atoms with Crippen LogP contribution in [0.4, 0.5) is 5.69 Å². The topological polar surface area (TPSA) is 99.7 Å². The van der Waals surface area contributed by atoms with E-state index in [2.05, 4.69) is 16.0 Å². The SMILES string of the molecule is COCCNCC(O)c1cccc(NC(=O)C(=O)NC(C)C)c1. The summed E-state index contributed by atoms with van der Waals surface area (Å²) in [4.78, 5) is 23.3. The van der Waals surface area contributed by atoms with Crippen molar-refractivity contribution in [2.24, 2.45) is 0 Å². The number of carbonyl (C=O) groups excluding carboxylic acids is 2. The fourth-order valence-electron chi connectivity index (χ4n) is 1.87. The summed E-state index contributed by atoms with van der Waals surface area (Å²) in [7, 11) is 1.61. The summed E-state index contributed by atoms with van der Waals surface area (Å²) in [6.07, 6.45) is -0.715. The standard InChI is InChI=1S/C16H25N3O4/c1-11(2)18-15(21)16(22)19-13-6-4-5-12(9-13)14(20)10-17-7-8-23-3/h4-6,9,11,14,17,20H,7-8,10H2,1-3H3,(H,18,21)(H,19,22). The number of aliphatic hydroxyl groups excluding tert-OH is 1. The van der Waals surface area contributed by atoms with E-state index in [0.717, 1.165) is 0 Å². The summed E-state index contributed by atoms with van der Waals surface area (Å²) in [6.45, 7) is 5.12. The van der Waals surface area contributed by atoms with E-state index in [1.165, 1.54) is 0 Å². The second-order valence-corrected chi connectivity index (χ2v) is 5.42. The van der Waals surface area contributed by atoms with Crippen LogP contribution in [-0.4, -0.2) is 49.8 Å². The predicted molar refractivity (Wildman–Crippen MR) is 88.1 cm³/mol. The Morgan fingerprint density at radius 3 is 2.65 bits per heavy atom. The number of benzene rings is 1. The zero-order valence-electron chi connectivity index (χ0n) is 13.8. The summed E-state index contributed by atoms with van der Waals surface area (Å²) < 4.78 is 4.91. The van der Waals surface area contributed by atoms with Crippen LogP contribution >= 0.6 is 0 Å². The molecule has 7 heteroatoms. The summed E-state index contributed by atoms with van der Waals surface area (Å²) in [5, 5.41) is 18.2. The normalized spacial score (nSPS) is 12.0. The van der Waals surface area contributed by atoms with Crippen LogP contribution < -0.4 is 16.0 Å². The Labute approximate surface area is 136 Å². The van der Waals surface area contributed by atoms with E-state index in [-0.39, 0.29) is 6.04 Å². The van der Waals surface area contributed by atoms with Crippen molar-refractivity contribution in [3.63, 3.8) is 0 Å². The lowest BCUT2D eigenvalue weighted by Gasteiger charge is -2.14. The molecule has 1 atom stereocenters. The molecule has 0 saturated carbocycles. The molecule has 0 radical (unpaired) electrons. The average molecular weight is 323 g/mol. The predicted octanol–water partition coefficient (Wildman–Crippen LogP) is 0.419. The van der Waals surface area contributed by atoms with E-state index < -0.39 is 17.9 Å². The number of carbonyl (C=O) groups is 2. The molecule has 7 nitrogen and oxygen atoms in total. The molecule has 2 amide bonds. The van der Waals surface area contributed by atoms with E-state index in [4.69, 9.17) is 4.74 Å². The van der Waals surface area contributed by atoms with Gasteiger partial charge in [0.1, 0.15) is 0 Å². The van der Waals surface area contributed by atoms with Gasteiger partial charge in [0.15, 0.2) is 0 Å². The van der Waals surface area contributed by atoms with Crippen molar-refractivity contribution in [2.45, 2.75) is 26.0 Å². The molecule has 23 heavy (non-hydrogen) atoms. The van der Waals surface area contributed by atoms with Gasteiger partial charge >= 0.3 is 11.8 Å². The Hall–Kier alpha value is -1.96. The molecule has 0 aliphatic heterocycles. The molecule has 0 fully saturated rings. The number of methoxy groups -OCH3 is 1. The molecular formula is C16H25N3O4. The lowest BCUT2D eigenvalue weighted by molar-refractivity contribution is -0.136. The Morgan fingerprint density at radius 2 is 2.00 bits per heavy atom. The van der Waals surface area contributed by atoms with Crippen LogP contribution in [0.25, 0.3) is 0 Å². The van der Waals surface area contributed by atoms with Crippen LogP contribution in [0.1, 0.15) is 25.5 Å². The molecule has 1 aromatic carbocycles. The largest absolute Gasteiger partial charge is 0.387 e. The molecule has 0 bridgehead atoms. The first-order chi connectivity index (χ1) is 10.9. The Morgan fingerprint density at radius 1 is 1.26 bits per heavy atom. The lowest BCUT2D eigenvalue weighted by Crippen LogP contribution is -2.39. The van der Waals surface area contributed by atoms with Crippen LogP contribution in [0.15, 0.2) is 24.3 Å². The molecule has 0 aromatic heterocycles. The van der Waals surface area contributed by atoms with Crippen LogP contribution in [0.2, 0.25) is 0 Å². The highest BCUT2D eigenvalue weighted by Gasteiger charge is 2.15. The summed E-state index contributed by atoms with van der Waals surface area (Å²) in [5.41, 5.74) is 1.11. The minimum Gasteiger partial charge on any atom is -0.387 e. The highest BCUT2D eigenvalue weighted by atomic mass is 16.5. The van der Waals surface area contributed by atoms with Gasteiger partial charge in [-0.2, -0.15) is 0 Å². The second-order valence-electron chi connectivity index (χ2n) is 5.42. The molecule has 1 rings (SSSR count). The third-order valence-electron chi connectivity index (χ3n) is 2.98. The van der Waals surface area contributed by atoms with Crippen LogP contribution in [0.3, 0.4) is 0 Å². The van der Waals surface area contributed by atoms with Crippen molar-refractivity contribution in [1.29, 1.82) is 0 Å². The summed E-state index contributed by atoms with van der Waals surface area (Å²) in [6, 6.07) is 6.66. The van der Waals surface area contributed by atoms with E-state index >= 15 is 0 Å². The maximum atomic E-state index is 11.8. The molecule has 0 saturated heterocycles. The van der Waals surface area contributed by atoms with Gasteiger partial charge in [-0.25, -0.2) is 0 Å². The Kier molecular flexibility index (Phi) is 8.25. The maximum absolute atomic E-state index is 11.8. The van der Waals surface area contributed by atoms with Gasteiger partial charge in [0.2, 0.25) is 0 Å². The molecule has 128 valence electrons. The molecule has 1 aromatic rings. The van der Waals surface area contributed by atoms with Crippen molar-refractivity contribution in [3.05, 3.63) is 29.8 Å². The van der Waals surface area contributed by atoms with Gasteiger partial charge in [-0.3, -0.25) is 9.59 Å². The number of ether oxygens (including phenoxy) is 1. The number of anilines is 1. The van der Waals surface area contributed by atoms with E-state index in [1.807, 2.05) is 0 Å². The zero-order valence-corrected chi connectivity index (χ0v) is 13.8. The molecule has 4 N–H and O–H groups in total. The molecule has 0 spiro atoms. The molecular weight excluding hydrogens is 298 g/mol. The minimum atomic E-state index is -0.733. The van der Waals surface area contributed by atoms with Gasteiger partial charge in [0.05, 0.1) is 12.7 Å². The number of hydrogen-bond acceptors (Lipinski definition) is 5. The van der Waals surface area contributed by atoms with E-state index in [9.17, 15) is 14.7 Å². The van der Waals surface area contributed by atoms with Crippen molar-refractivity contribution in [3.8, 4) is 0 Å². The Bertz CT molecular complexity index is 520. The van der Waals surface area contributed by atoms with Gasteiger partial charge in [-0.15, -0.1) is 0 Å². The van der Waals surface area contributed by atoms with Crippen molar-refractivity contribution < 1.29 is 19.4 Å². The highest BCUT2D eigenvalue weighted by Crippen LogP contribution is 2.17. The second kappa shape index (κ2) is 9.94. The first kappa shape index (κ1) is 19.1. The van der Waals surface area contributed by atoms with Gasteiger partial charge in [0, 0.05) is 31.9 Å². The third-order valence-corrected chi connectivity index (χ3v) is 2.98. The van der Waals surface area contributed by atoms with Crippen LogP contribution in [0.5, 0.6) is 0 Å². The van der Waals surface area contributed by atoms with Crippen LogP contribution in [-0.2, 0) is 14.3 Å². The number of nitrogens with one attached hydrogen (secondary N) is 3. The van der Waals surface area contributed by atoms with Gasteiger partial charge in [-0.1, -0.05) is 12.1 Å². The van der Waals surface area contributed by atoms with E-state index in [1.54, 1.807) is 45.2 Å². The quantitative estimate of drug-likeness (QED) is 0.410. The van der Waals surface area contributed by atoms with E-state index in [0.29, 0.717) is 30.9 Å². The average Bonchev–Trinajstić information content (AvgIpc) is 2.51. The number of rotatable bonds is 8. The van der Waals surface area contributed by atoms with Crippen molar-refractivity contribution in [1.82, 2.24) is 10.6 Å². The summed E-state index contributed by atoms with van der Waals surface area (Å²) >= 11 is 0. The fourth-order valence-corrected chi connectivity index (χ4v) is 1.87. The minimum absolute atomic E-state index is 0.111. The van der Waals surface area contributed by atoms with Gasteiger partial charge in [-0.05, 0) is 31.5 Å².